The topological polar surface area (TPSA) is 62.5 Å². The fourth-order valence-corrected chi connectivity index (χ4v) is 4.32. The third kappa shape index (κ3) is 4.90. The SMILES string of the molecule is CCNC(=NCC1(C)CCCS1)NCC(C)c1c(C)noc1C. The first-order valence-corrected chi connectivity index (χ1v) is 9.52. The van der Waals surface area contributed by atoms with E-state index in [9.17, 15) is 0 Å². The van der Waals surface area contributed by atoms with Gasteiger partial charge in [0.25, 0.3) is 0 Å². The van der Waals surface area contributed by atoms with Crippen LogP contribution >= 0.6 is 11.8 Å². The van der Waals surface area contributed by atoms with Crippen LogP contribution in [-0.4, -0.2) is 41.3 Å². The minimum Gasteiger partial charge on any atom is -0.361 e. The molecule has 2 unspecified atom stereocenters. The van der Waals surface area contributed by atoms with Crippen molar-refractivity contribution < 1.29 is 4.52 Å². The molecule has 0 bridgehead atoms. The Labute approximate surface area is 144 Å². The lowest BCUT2D eigenvalue weighted by atomic mass is 10.00. The Kier molecular flexibility index (Phi) is 6.39. The quantitative estimate of drug-likeness (QED) is 0.616. The number of aromatic nitrogens is 1. The van der Waals surface area contributed by atoms with Crippen molar-refractivity contribution in [2.24, 2.45) is 4.99 Å². The number of rotatable bonds is 6. The van der Waals surface area contributed by atoms with Gasteiger partial charge in [-0.15, -0.1) is 0 Å². The second kappa shape index (κ2) is 8.08. The van der Waals surface area contributed by atoms with E-state index < -0.39 is 0 Å². The molecule has 1 aliphatic heterocycles. The smallest absolute Gasteiger partial charge is 0.191 e. The van der Waals surface area contributed by atoms with Crippen molar-refractivity contribution in [1.82, 2.24) is 15.8 Å². The van der Waals surface area contributed by atoms with Crippen LogP contribution in [0, 0.1) is 13.8 Å². The molecule has 2 heterocycles. The summed E-state index contributed by atoms with van der Waals surface area (Å²) >= 11 is 2.05. The fourth-order valence-electron chi connectivity index (χ4n) is 3.10. The van der Waals surface area contributed by atoms with Crippen LogP contribution in [0.2, 0.25) is 0 Å². The average Bonchev–Trinajstić information content (AvgIpc) is 3.08. The highest BCUT2D eigenvalue weighted by atomic mass is 32.2. The Morgan fingerprint density at radius 3 is 2.78 bits per heavy atom. The van der Waals surface area contributed by atoms with E-state index in [1.54, 1.807) is 0 Å². The third-order valence-corrected chi connectivity index (χ3v) is 5.90. The average molecular weight is 339 g/mol. The van der Waals surface area contributed by atoms with Crippen molar-refractivity contribution in [2.45, 2.75) is 58.1 Å². The summed E-state index contributed by atoms with van der Waals surface area (Å²) in [6.07, 6.45) is 2.57. The molecule has 23 heavy (non-hydrogen) atoms. The number of guanidine groups is 1. The largest absolute Gasteiger partial charge is 0.361 e. The Morgan fingerprint density at radius 2 is 2.22 bits per heavy atom. The third-order valence-electron chi connectivity index (χ3n) is 4.37. The summed E-state index contributed by atoms with van der Waals surface area (Å²) in [6.45, 7) is 13.1. The molecular weight excluding hydrogens is 308 g/mol. The van der Waals surface area contributed by atoms with Gasteiger partial charge in [-0.2, -0.15) is 11.8 Å². The van der Waals surface area contributed by atoms with E-state index in [1.807, 2.05) is 25.6 Å². The summed E-state index contributed by atoms with van der Waals surface area (Å²) in [5, 5.41) is 10.9. The van der Waals surface area contributed by atoms with E-state index in [4.69, 9.17) is 9.52 Å². The maximum Gasteiger partial charge on any atom is 0.191 e. The molecule has 0 amide bonds. The van der Waals surface area contributed by atoms with Crippen molar-refractivity contribution >= 4 is 17.7 Å². The van der Waals surface area contributed by atoms with Crippen LogP contribution in [0.4, 0.5) is 0 Å². The molecule has 1 aromatic rings. The molecule has 0 radical (unpaired) electrons. The molecule has 1 fully saturated rings. The maximum atomic E-state index is 5.27. The molecule has 5 nitrogen and oxygen atoms in total. The highest BCUT2D eigenvalue weighted by Gasteiger charge is 2.29. The van der Waals surface area contributed by atoms with E-state index in [1.165, 1.54) is 24.2 Å². The number of aliphatic imine (C=N–C) groups is 1. The van der Waals surface area contributed by atoms with Gasteiger partial charge in [0.2, 0.25) is 0 Å². The van der Waals surface area contributed by atoms with Crippen molar-refractivity contribution in [3.8, 4) is 0 Å². The van der Waals surface area contributed by atoms with Gasteiger partial charge in [0.05, 0.1) is 12.2 Å². The monoisotopic (exact) mass is 338 g/mol. The standard InChI is InChI=1S/C17H30N4OS/c1-6-18-16(20-11-17(5)8-7-9-23-17)19-10-12(2)15-13(3)21-22-14(15)4/h12H,6-11H2,1-5H3,(H2,18,19,20). The number of nitrogens with zero attached hydrogens (tertiary/aromatic N) is 2. The lowest BCUT2D eigenvalue weighted by Crippen LogP contribution is -2.40. The van der Waals surface area contributed by atoms with Crippen molar-refractivity contribution in [3.05, 3.63) is 17.0 Å². The second-order valence-corrected chi connectivity index (χ2v) is 8.30. The van der Waals surface area contributed by atoms with Crippen molar-refractivity contribution in [1.29, 1.82) is 0 Å². The molecule has 2 N–H and O–H groups in total. The Hall–Kier alpha value is -1.17. The molecule has 130 valence electrons. The Balaban J connectivity index is 1.94. The summed E-state index contributed by atoms with van der Waals surface area (Å²) < 4.78 is 5.57. The summed E-state index contributed by atoms with van der Waals surface area (Å²) in [5.74, 6) is 3.41. The van der Waals surface area contributed by atoms with Crippen molar-refractivity contribution in [2.75, 3.05) is 25.4 Å². The first-order chi connectivity index (χ1) is 10.9. The van der Waals surface area contributed by atoms with Crippen molar-refractivity contribution in [3.63, 3.8) is 0 Å². The zero-order chi connectivity index (χ0) is 16.9. The fraction of sp³-hybridized carbons (Fsp3) is 0.765. The second-order valence-electron chi connectivity index (χ2n) is 6.62. The van der Waals surface area contributed by atoms with Crippen LogP contribution in [0.3, 0.4) is 0 Å². The molecule has 0 spiro atoms. The first-order valence-electron chi connectivity index (χ1n) is 8.54. The van der Waals surface area contributed by atoms with Gasteiger partial charge in [-0.1, -0.05) is 12.1 Å². The number of thioether (sulfide) groups is 1. The van der Waals surface area contributed by atoms with Crippen LogP contribution in [0.1, 0.15) is 56.5 Å². The van der Waals surface area contributed by atoms with Gasteiger partial charge in [-0.25, -0.2) is 0 Å². The molecule has 1 aromatic heterocycles. The van der Waals surface area contributed by atoms with E-state index >= 15 is 0 Å². The van der Waals surface area contributed by atoms with Gasteiger partial charge in [-0.3, -0.25) is 4.99 Å². The lowest BCUT2D eigenvalue weighted by molar-refractivity contribution is 0.391. The van der Waals surface area contributed by atoms with Crippen LogP contribution in [-0.2, 0) is 0 Å². The lowest BCUT2D eigenvalue weighted by Gasteiger charge is -2.21. The van der Waals surface area contributed by atoms with Gasteiger partial charge >= 0.3 is 0 Å². The zero-order valence-corrected chi connectivity index (χ0v) is 15.8. The van der Waals surface area contributed by atoms with E-state index in [-0.39, 0.29) is 0 Å². The van der Waals surface area contributed by atoms with E-state index in [0.717, 1.165) is 37.0 Å². The van der Waals surface area contributed by atoms with Crippen LogP contribution < -0.4 is 10.6 Å². The molecule has 6 heteroatoms. The number of hydrogen-bond acceptors (Lipinski definition) is 4. The minimum atomic E-state index is 0.301. The highest BCUT2D eigenvalue weighted by Crippen LogP contribution is 2.37. The van der Waals surface area contributed by atoms with E-state index in [0.29, 0.717) is 10.7 Å². The molecule has 0 aliphatic carbocycles. The van der Waals surface area contributed by atoms with Gasteiger partial charge < -0.3 is 15.2 Å². The van der Waals surface area contributed by atoms with Crippen LogP contribution in [0.15, 0.2) is 9.52 Å². The summed E-state index contributed by atoms with van der Waals surface area (Å²) in [4.78, 5) is 4.80. The summed E-state index contributed by atoms with van der Waals surface area (Å²) in [6, 6.07) is 0. The van der Waals surface area contributed by atoms with Gasteiger partial charge in [0, 0.05) is 29.3 Å². The molecular formula is C17H30N4OS. The first kappa shape index (κ1) is 18.2. The molecule has 2 rings (SSSR count). The van der Waals surface area contributed by atoms with Crippen LogP contribution in [0.5, 0.6) is 0 Å². The number of aryl methyl sites for hydroxylation is 2. The Morgan fingerprint density at radius 1 is 1.43 bits per heavy atom. The predicted octanol–water partition coefficient (Wildman–Crippen LogP) is 3.24. The van der Waals surface area contributed by atoms with Gasteiger partial charge in [0.1, 0.15) is 5.76 Å². The van der Waals surface area contributed by atoms with Gasteiger partial charge in [-0.05, 0) is 46.3 Å². The maximum absolute atomic E-state index is 5.27. The molecule has 1 saturated heterocycles. The molecule has 0 saturated carbocycles. The Bertz CT molecular complexity index is 515. The summed E-state index contributed by atoms with van der Waals surface area (Å²) in [7, 11) is 0. The van der Waals surface area contributed by atoms with Gasteiger partial charge in [0.15, 0.2) is 5.96 Å². The molecule has 1 aliphatic rings. The summed E-state index contributed by atoms with van der Waals surface area (Å²) in [5.41, 5.74) is 2.18. The predicted molar refractivity (Wildman–Crippen MR) is 98.5 cm³/mol. The number of nitrogens with one attached hydrogen (secondary N) is 2. The normalized spacial score (nSPS) is 23.1. The molecule has 2 atom stereocenters. The highest BCUT2D eigenvalue weighted by molar-refractivity contribution is 8.00. The number of hydrogen-bond donors (Lipinski definition) is 2. The molecule has 0 aromatic carbocycles. The zero-order valence-electron chi connectivity index (χ0n) is 15.0. The minimum absolute atomic E-state index is 0.301. The van der Waals surface area contributed by atoms with E-state index in [2.05, 4.69) is 36.6 Å². The van der Waals surface area contributed by atoms with Crippen LogP contribution in [0.25, 0.3) is 0 Å².